The molecule has 3 heterocycles. The Hall–Kier alpha value is -4.48. The molecule has 5 rings (SSSR count). The van der Waals surface area contributed by atoms with Crippen LogP contribution in [-0.4, -0.2) is 54.8 Å². The fraction of sp³-hybridized carbons (Fsp3) is 0.208. The molecule has 1 amide bonds. The number of nitrogens with two attached hydrogens (primary N) is 1. The minimum Gasteiger partial charge on any atom is -0.368 e. The second-order valence-electron chi connectivity index (χ2n) is 8.41. The Morgan fingerprint density at radius 1 is 1.00 bits per heavy atom. The van der Waals surface area contributed by atoms with Gasteiger partial charge in [-0.1, -0.05) is 24.3 Å². The van der Waals surface area contributed by atoms with Crippen LogP contribution in [0.1, 0.15) is 10.4 Å². The lowest BCUT2D eigenvalue weighted by Crippen LogP contribution is -2.55. The predicted molar refractivity (Wildman–Crippen MR) is 127 cm³/mol. The molecule has 0 radical (unpaired) electrons. The van der Waals surface area contributed by atoms with E-state index in [0.717, 1.165) is 11.3 Å². The van der Waals surface area contributed by atoms with Gasteiger partial charge in [0.15, 0.2) is 5.82 Å². The molecule has 2 aromatic heterocycles. The van der Waals surface area contributed by atoms with Crippen molar-refractivity contribution in [1.82, 2.24) is 29.6 Å². The fourth-order valence-electron chi connectivity index (χ4n) is 3.80. The molecule has 0 spiro atoms. The van der Waals surface area contributed by atoms with Gasteiger partial charge in [-0.2, -0.15) is 18.2 Å². The Bertz CT molecular complexity index is 1390. The van der Waals surface area contributed by atoms with E-state index in [1.165, 1.54) is 4.90 Å². The van der Waals surface area contributed by atoms with Gasteiger partial charge in [-0.15, -0.1) is 5.10 Å². The van der Waals surface area contributed by atoms with Gasteiger partial charge in [0, 0.05) is 48.7 Å². The molecular weight excluding hydrogens is 473 g/mol. The van der Waals surface area contributed by atoms with E-state index in [4.69, 9.17) is 5.73 Å². The number of nitrogens with one attached hydrogen (secondary N) is 1. The van der Waals surface area contributed by atoms with Gasteiger partial charge >= 0.3 is 6.18 Å². The summed E-state index contributed by atoms with van der Waals surface area (Å²) in [5.74, 6) is -0.733. The average Bonchev–Trinajstić information content (AvgIpc) is 3.18. The number of alkyl halides is 3. The predicted octanol–water partition coefficient (Wildman–Crippen LogP) is 3.90. The van der Waals surface area contributed by atoms with Gasteiger partial charge in [0.25, 0.3) is 5.91 Å². The van der Waals surface area contributed by atoms with Gasteiger partial charge in [0.2, 0.25) is 11.9 Å². The third-order valence-corrected chi connectivity index (χ3v) is 5.90. The van der Waals surface area contributed by atoms with Crippen molar-refractivity contribution in [3.8, 4) is 22.6 Å². The Kier molecular flexibility index (Phi) is 5.78. The number of hydrogen-bond donors (Lipinski definition) is 2. The number of aromatic nitrogens is 5. The maximum atomic E-state index is 12.7. The molecule has 0 saturated carbocycles. The van der Waals surface area contributed by atoms with Crippen LogP contribution in [0.5, 0.6) is 0 Å². The van der Waals surface area contributed by atoms with Crippen molar-refractivity contribution < 1.29 is 18.0 Å². The molecule has 1 fully saturated rings. The minimum atomic E-state index is -4.27. The van der Waals surface area contributed by atoms with Gasteiger partial charge in [0.05, 0.1) is 11.6 Å². The summed E-state index contributed by atoms with van der Waals surface area (Å²) in [7, 11) is 1.75. The summed E-state index contributed by atoms with van der Waals surface area (Å²) in [5.41, 5.74) is 9.03. The quantitative estimate of drug-likeness (QED) is 0.432. The molecule has 3 N–H and O–H groups in total. The first-order valence-corrected chi connectivity index (χ1v) is 11.0. The van der Waals surface area contributed by atoms with Gasteiger partial charge in [-0.25, -0.2) is 14.6 Å². The van der Waals surface area contributed by atoms with Crippen molar-refractivity contribution in [2.75, 3.05) is 24.1 Å². The molecule has 0 aliphatic carbocycles. The maximum absolute atomic E-state index is 12.7. The third kappa shape index (κ3) is 4.69. The van der Waals surface area contributed by atoms with Crippen LogP contribution in [0.2, 0.25) is 0 Å². The molecule has 1 saturated heterocycles. The van der Waals surface area contributed by atoms with Crippen LogP contribution >= 0.6 is 0 Å². The molecule has 0 bridgehead atoms. The number of amides is 1. The van der Waals surface area contributed by atoms with E-state index < -0.39 is 18.0 Å². The van der Waals surface area contributed by atoms with Crippen LogP contribution in [-0.2, 0) is 7.05 Å². The Balaban J connectivity index is 1.25. The number of likely N-dealkylation sites (tertiary alicyclic amines) is 1. The van der Waals surface area contributed by atoms with Crippen LogP contribution in [0.3, 0.4) is 0 Å². The normalized spacial score (nSPS) is 13.9. The smallest absolute Gasteiger partial charge is 0.368 e. The van der Waals surface area contributed by atoms with E-state index in [0.29, 0.717) is 28.6 Å². The van der Waals surface area contributed by atoms with Gasteiger partial charge in [-0.05, 0) is 30.3 Å². The number of carbonyl (C=O) groups excluding carboxylic acids is 1. The molecule has 0 unspecified atom stereocenters. The zero-order valence-electron chi connectivity index (χ0n) is 19.1. The van der Waals surface area contributed by atoms with Crippen LogP contribution in [0.25, 0.3) is 22.6 Å². The summed E-state index contributed by atoms with van der Waals surface area (Å²) < 4.78 is 39.6. The molecule has 4 aromatic rings. The van der Waals surface area contributed by atoms with Gasteiger partial charge < -0.3 is 16.0 Å². The van der Waals surface area contributed by atoms with E-state index in [2.05, 4.69) is 25.4 Å². The largest absolute Gasteiger partial charge is 0.395 e. The Morgan fingerprint density at radius 2 is 1.67 bits per heavy atom. The van der Waals surface area contributed by atoms with Gasteiger partial charge in [-0.3, -0.25) is 4.79 Å². The lowest BCUT2D eigenvalue weighted by Gasteiger charge is -2.40. The van der Waals surface area contributed by atoms with E-state index in [1.807, 2.05) is 24.3 Å². The number of benzene rings is 2. The molecule has 9 nitrogen and oxygen atoms in total. The van der Waals surface area contributed by atoms with Crippen LogP contribution < -0.4 is 11.1 Å². The standard InChI is InChI=1S/C24H21F3N8O/c1-34-23(30-18-8-6-14(7-9-18)19-10-11-29-22(28)31-19)32-20(33-34)15-2-4-16(5-3-15)21(36)35-12-17(13-35)24(25,26)27/h2-11,17H,12-13H2,1H3,(H2,28,29,31)(H,30,32,33). The highest BCUT2D eigenvalue weighted by Crippen LogP contribution is 2.34. The molecule has 2 aromatic carbocycles. The van der Waals surface area contributed by atoms with Crippen molar-refractivity contribution in [3.63, 3.8) is 0 Å². The number of halogens is 3. The summed E-state index contributed by atoms with van der Waals surface area (Å²) in [6.45, 7) is -0.621. The second-order valence-corrected chi connectivity index (χ2v) is 8.41. The summed E-state index contributed by atoms with van der Waals surface area (Å²) >= 11 is 0. The Morgan fingerprint density at radius 3 is 2.31 bits per heavy atom. The minimum absolute atomic E-state index is 0.203. The Labute approximate surface area is 203 Å². The molecule has 1 aliphatic rings. The van der Waals surface area contributed by atoms with E-state index >= 15 is 0 Å². The van der Waals surface area contributed by atoms with Crippen molar-refractivity contribution in [3.05, 3.63) is 66.4 Å². The molecule has 36 heavy (non-hydrogen) atoms. The zero-order chi connectivity index (χ0) is 25.4. The van der Waals surface area contributed by atoms with Crippen LogP contribution in [0, 0.1) is 5.92 Å². The summed E-state index contributed by atoms with van der Waals surface area (Å²) in [4.78, 5) is 26.3. The number of hydrogen-bond acceptors (Lipinski definition) is 7. The summed E-state index contributed by atoms with van der Waals surface area (Å²) in [6.07, 6.45) is -2.67. The lowest BCUT2D eigenvalue weighted by molar-refractivity contribution is -0.202. The monoisotopic (exact) mass is 494 g/mol. The maximum Gasteiger partial charge on any atom is 0.395 e. The first-order valence-electron chi connectivity index (χ1n) is 11.0. The number of aryl methyl sites for hydroxylation is 1. The lowest BCUT2D eigenvalue weighted by atomic mass is 9.98. The highest BCUT2D eigenvalue weighted by atomic mass is 19.4. The van der Waals surface area contributed by atoms with Crippen LogP contribution in [0.4, 0.5) is 30.8 Å². The first kappa shape index (κ1) is 23.3. The first-order chi connectivity index (χ1) is 17.2. The van der Waals surface area contributed by atoms with Crippen molar-refractivity contribution in [2.45, 2.75) is 6.18 Å². The van der Waals surface area contributed by atoms with Gasteiger partial charge in [0.1, 0.15) is 0 Å². The van der Waals surface area contributed by atoms with Crippen molar-refractivity contribution >= 4 is 23.5 Å². The third-order valence-electron chi connectivity index (χ3n) is 5.90. The average molecular weight is 494 g/mol. The number of nitrogens with zero attached hydrogens (tertiary/aromatic N) is 6. The zero-order valence-corrected chi connectivity index (χ0v) is 19.1. The molecule has 12 heteroatoms. The number of carbonyl (C=O) groups is 1. The van der Waals surface area contributed by atoms with E-state index in [9.17, 15) is 18.0 Å². The van der Waals surface area contributed by atoms with Crippen molar-refractivity contribution in [2.24, 2.45) is 13.0 Å². The van der Waals surface area contributed by atoms with E-state index in [1.54, 1.807) is 48.3 Å². The summed E-state index contributed by atoms with van der Waals surface area (Å²) in [5, 5.41) is 7.63. The second kappa shape index (κ2) is 8.95. The highest BCUT2D eigenvalue weighted by Gasteiger charge is 2.48. The molecular formula is C24H21F3N8O. The van der Waals surface area contributed by atoms with Crippen molar-refractivity contribution in [1.29, 1.82) is 0 Å². The SMILES string of the molecule is Cn1nc(-c2ccc(C(=O)N3CC(C(F)(F)F)C3)cc2)nc1Nc1ccc(-c2ccnc(N)n2)cc1. The van der Waals surface area contributed by atoms with Crippen LogP contribution in [0.15, 0.2) is 60.8 Å². The van der Waals surface area contributed by atoms with E-state index in [-0.39, 0.29) is 19.0 Å². The molecule has 1 aliphatic heterocycles. The number of nitrogen functional groups attached to an aromatic ring is 1. The number of anilines is 3. The number of rotatable bonds is 5. The highest BCUT2D eigenvalue weighted by molar-refractivity contribution is 5.95. The molecule has 0 atom stereocenters. The fourth-order valence-corrected chi connectivity index (χ4v) is 3.80. The summed E-state index contributed by atoms with van der Waals surface area (Å²) in [6, 6.07) is 15.8. The topological polar surface area (TPSA) is 115 Å². The molecule has 184 valence electrons.